The van der Waals surface area contributed by atoms with Gasteiger partial charge < -0.3 is 10.2 Å². The summed E-state index contributed by atoms with van der Waals surface area (Å²) in [6, 6.07) is 2.05. The molecule has 3 heterocycles. The summed E-state index contributed by atoms with van der Waals surface area (Å²) in [6.45, 7) is 5.01. The normalized spacial score (nSPS) is 22.2. The van der Waals surface area contributed by atoms with Crippen LogP contribution in [0.15, 0.2) is 6.07 Å². The van der Waals surface area contributed by atoms with Crippen molar-refractivity contribution in [2.75, 3.05) is 31.1 Å². The van der Waals surface area contributed by atoms with Crippen LogP contribution in [0.1, 0.15) is 31.0 Å². The average Bonchev–Trinajstić information content (AvgIpc) is 2.63. The van der Waals surface area contributed by atoms with Gasteiger partial charge in [-0.15, -0.1) is 0 Å². The number of fused-ring (bicyclic) bond motifs is 1. The summed E-state index contributed by atoms with van der Waals surface area (Å²) < 4.78 is 13.9. The number of aromatic nitrogens is 1. The van der Waals surface area contributed by atoms with Crippen LogP contribution in [0, 0.1) is 0 Å². The molecule has 3 nitrogen and oxygen atoms in total. The number of nitrogens with one attached hydrogen (secondary N) is 1. The largest absolute Gasteiger partial charge is 0.355 e. The van der Waals surface area contributed by atoms with E-state index in [4.69, 9.17) is 16.6 Å². The van der Waals surface area contributed by atoms with Gasteiger partial charge in [-0.3, -0.25) is 0 Å². The van der Waals surface area contributed by atoms with Gasteiger partial charge in [-0.25, -0.2) is 9.37 Å². The van der Waals surface area contributed by atoms with Crippen molar-refractivity contribution >= 4 is 17.4 Å². The zero-order valence-corrected chi connectivity index (χ0v) is 12.6. The molecule has 0 atom stereocenters. The smallest absolute Gasteiger partial charge is 0.147 e. The van der Waals surface area contributed by atoms with Gasteiger partial charge in [-0.05, 0) is 44.4 Å². The second-order valence-corrected chi connectivity index (χ2v) is 6.46. The first-order chi connectivity index (χ1) is 9.55. The molecule has 0 saturated carbocycles. The van der Waals surface area contributed by atoms with Gasteiger partial charge in [0.05, 0.1) is 5.02 Å². The average molecular weight is 298 g/mol. The zero-order chi connectivity index (χ0) is 14.2. The van der Waals surface area contributed by atoms with E-state index in [1.165, 1.54) is 5.56 Å². The quantitative estimate of drug-likeness (QED) is 0.864. The number of anilines is 1. The van der Waals surface area contributed by atoms with Gasteiger partial charge in [0, 0.05) is 31.7 Å². The monoisotopic (exact) mass is 297 g/mol. The lowest BCUT2D eigenvalue weighted by Gasteiger charge is -2.35. The molecule has 1 N–H and O–H groups in total. The summed E-state index contributed by atoms with van der Waals surface area (Å²) in [6.07, 6.45) is 3.01. The van der Waals surface area contributed by atoms with E-state index < -0.39 is 5.67 Å². The Kier molecular flexibility index (Phi) is 3.87. The van der Waals surface area contributed by atoms with E-state index in [-0.39, 0.29) is 0 Å². The van der Waals surface area contributed by atoms with Crippen molar-refractivity contribution in [3.05, 3.63) is 22.3 Å². The number of pyridine rings is 1. The Morgan fingerprint density at radius 1 is 1.30 bits per heavy atom. The molecule has 0 spiro atoms. The molecular weight excluding hydrogens is 277 g/mol. The Balaban J connectivity index is 1.85. The fourth-order valence-corrected chi connectivity index (χ4v) is 3.24. The Labute approximate surface area is 124 Å². The van der Waals surface area contributed by atoms with Crippen molar-refractivity contribution in [2.24, 2.45) is 0 Å². The van der Waals surface area contributed by atoms with E-state index in [2.05, 4.69) is 16.3 Å². The first-order valence-corrected chi connectivity index (χ1v) is 7.76. The van der Waals surface area contributed by atoms with E-state index in [1.807, 2.05) is 0 Å². The van der Waals surface area contributed by atoms with Gasteiger partial charge in [0.25, 0.3) is 0 Å². The summed E-state index contributed by atoms with van der Waals surface area (Å²) in [5.74, 6) is 0.836. The van der Waals surface area contributed by atoms with Gasteiger partial charge in [0.1, 0.15) is 11.5 Å². The minimum absolute atomic E-state index is 0.545. The van der Waals surface area contributed by atoms with E-state index in [0.29, 0.717) is 31.0 Å². The molecule has 5 heteroatoms. The van der Waals surface area contributed by atoms with Gasteiger partial charge in [-0.1, -0.05) is 11.6 Å². The second-order valence-electron chi connectivity index (χ2n) is 6.05. The van der Waals surface area contributed by atoms with E-state index in [0.717, 1.165) is 37.4 Å². The van der Waals surface area contributed by atoms with Crippen LogP contribution in [0.4, 0.5) is 10.2 Å². The number of halogens is 2. The van der Waals surface area contributed by atoms with Crippen LogP contribution in [0.3, 0.4) is 0 Å². The maximum atomic E-state index is 13.9. The number of hydrogen-bond acceptors (Lipinski definition) is 3. The Morgan fingerprint density at radius 2 is 2.00 bits per heavy atom. The number of alkyl halides is 1. The third-order valence-corrected chi connectivity index (χ3v) is 4.62. The molecule has 0 amide bonds. The summed E-state index contributed by atoms with van der Waals surface area (Å²) in [7, 11) is 0. The van der Waals surface area contributed by atoms with Crippen LogP contribution in [0.2, 0.25) is 5.02 Å². The highest BCUT2D eigenvalue weighted by atomic mass is 35.5. The van der Waals surface area contributed by atoms with Crippen molar-refractivity contribution in [1.29, 1.82) is 0 Å². The fourth-order valence-electron chi connectivity index (χ4n) is 2.95. The Bertz CT molecular complexity index is 494. The maximum Gasteiger partial charge on any atom is 0.147 e. The molecule has 1 aromatic rings. The van der Waals surface area contributed by atoms with Crippen molar-refractivity contribution in [2.45, 2.75) is 38.3 Å². The van der Waals surface area contributed by atoms with Crippen LogP contribution in [0.25, 0.3) is 0 Å². The molecule has 0 bridgehead atoms. The molecule has 0 aromatic carbocycles. The van der Waals surface area contributed by atoms with Crippen LogP contribution >= 0.6 is 11.6 Å². The van der Waals surface area contributed by atoms with Crippen LogP contribution < -0.4 is 10.2 Å². The summed E-state index contributed by atoms with van der Waals surface area (Å²) in [5.41, 5.74) is 1.34. The summed E-state index contributed by atoms with van der Waals surface area (Å²) in [4.78, 5) is 6.90. The number of piperidine rings is 1. The van der Waals surface area contributed by atoms with Gasteiger partial charge in [0.15, 0.2) is 0 Å². The lowest BCUT2D eigenvalue weighted by atomic mass is 9.95. The zero-order valence-electron chi connectivity index (χ0n) is 11.9. The minimum Gasteiger partial charge on any atom is -0.355 e. The predicted octanol–water partition coefficient (Wildman–Crippen LogP) is 2.75. The first-order valence-electron chi connectivity index (χ1n) is 7.38. The summed E-state index contributed by atoms with van der Waals surface area (Å²) in [5, 5.41) is 4.08. The van der Waals surface area contributed by atoms with Crippen molar-refractivity contribution in [1.82, 2.24) is 10.3 Å². The summed E-state index contributed by atoms with van der Waals surface area (Å²) >= 11 is 6.40. The minimum atomic E-state index is -1.04. The van der Waals surface area contributed by atoms with E-state index in [1.54, 1.807) is 6.92 Å². The van der Waals surface area contributed by atoms with Crippen LogP contribution in [0.5, 0.6) is 0 Å². The maximum absolute atomic E-state index is 13.9. The van der Waals surface area contributed by atoms with E-state index >= 15 is 0 Å². The predicted molar refractivity (Wildman–Crippen MR) is 80.5 cm³/mol. The SMILES string of the molecule is CC1(F)CCN(c2nc3c(cc2Cl)CCNCC3)CC1. The molecule has 0 unspecified atom stereocenters. The number of rotatable bonds is 1. The fraction of sp³-hybridized carbons (Fsp3) is 0.667. The van der Waals surface area contributed by atoms with Crippen molar-refractivity contribution < 1.29 is 4.39 Å². The number of nitrogens with zero attached hydrogens (tertiary/aromatic N) is 2. The third kappa shape index (κ3) is 2.91. The lowest BCUT2D eigenvalue weighted by Crippen LogP contribution is -2.40. The van der Waals surface area contributed by atoms with Gasteiger partial charge in [0.2, 0.25) is 0 Å². The van der Waals surface area contributed by atoms with E-state index in [9.17, 15) is 4.39 Å². The first kappa shape index (κ1) is 14.1. The molecule has 2 aliphatic heterocycles. The number of hydrogen-bond donors (Lipinski definition) is 1. The molecule has 20 heavy (non-hydrogen) atoms. The molecule has 1 fully saturated rings. The molecule has 3 rings (SSSR count). The van der Waals surface area contributed by atoms with Crippen molar-refractivity contribution in [3.63, 3.8) is 0 Å². The third-order valence-electron chi connectivity index (χ3n) is 4.34. The van der Waals surface area contributed by atoms with Crippen LogP contribution in [-0.4, -0.2) is 36.8 Å². The highest BCUT2D eigenvalue weighted by Gasteiger charge is 2.31. The molecular formula is C15H21ClFN3. The Hall–Kier alpha value is -0.870. The highest BCUT2D eigenvalue weighted by molar-refractivity contribution is 6.33. The van der Waals surface area contributed by atoms with Crippen LogP contribution in [-0.2, 0) is 12.8 Å². The second kappa shape index (κ2) is 5.49. The topological polar surface area (TPSA) is 28.2 Å². The Morgan fingerprint density at radius 3 is 2.75 bits per heavy atom. The molecule has 2 aliphatic rings. The molecule has 1 aromatic heterocycles. The lowest BCUT2D eigenvalue weighted by molar-refractivity contribution is 0.149. The molecule has 1 saturated heterocycles. The molecule has 0 aliphatic carbocycles. The van der Waals surface area contributed by atoms with Crippen molar-refractivity contribution in [3.8, 4) is 0 Å². The molecule has 0 radical (unpaired) electrons. The molecule has 110 valence electrons. The highest BCUT2D eigenvalue weighted by Crippen LogP contribution is 2.33. The standard InChI is InChI=1S/C15H21ClFN3/c1-15(17)4-8-20(9-5-15)14-12(16)10-11-2-6-18-7-3-13(11)19-14/h10,18H,2-9H2,1H3. The van der Waals surface area contributed by atoms with Gasteiger partial charge in [-0.2, -0.15) is 0 Å². The van der Waals surface area contributed by atoms with Gasteiger partial charge >= 0.3 is 0 Å².